The van der Waals surface area contributed by atoms with Crippen LogP contribution in [0.4, 0.5) is 0 Å². The monoisotopic (exact) mass is 278 g/mol. The van der Waals surface area contributed by atoms with Crippen molar-refractivity contribution in [2.24, 2.45) is 17.8 Å². The lowest BCUT2D eigenvalue weighted by Gasteiger charge is -2.47. The van der Waals surface area contributed by atoms with Gasteiger partial charge in [0.1, 0.15) is 0 Å². The number of hydrogen-bond donors (Lipinski definition) is 0. The lowest BCUT2D eigenvalue weighted by atomic mass is 9.83. The molecule has 0 aromatic carbocycles. The normalized spacial score (nSPS) is 31.4. The first-order chi connectivity index (χ1) is 9.65. The summed E-state index contributed by atoms with van der Waals surface area (Å²) in [6, 6.07) is 0.562. The van der Waals surface area contributed by atoms with Crippen LogP contribution >= 0.6 is 0 Å². The predicted molar refractivity (Wildman–Crippen MR) is 81.5 cm³/mol. The fourth-order valence-corrected chi connectivity index (χ4v) is 3.96. The first kappa shape index (κ1) is 14.4. The van der Waals surface area contributed by atoms with Gasteiger partial charge in [-0.15, -0.1) is 0 Å². The number of piperidine rings is 2. The second-order valence-corrected chi connectivity index (χ2v) is 7.55. The van der Waals surface area contributed by atoms with Crippen LogP contribution in [0.5, 0.6) is 0 Å². The van der Waals surface area contributed by atoms with Gasteiger partial charge >= 0.3 is 0 Å². The Hall–Kier alpha value is -0.570. The van der Waals surface area contributed by atoms with Gasteiger partial charge in [-0.3, -0.25) is 4.79 Å². The summed E-state index contributed by atoms with van der Waals surface area (Å²) in [5.41, 5.74) is 0. The summed E-state index contributed by atoms with van der Waals surface area (Å²) in [4.78, 5) is 17.3. The van der Waals surface area contributed by atoms with Gasteiger partial charge in [0.05, 0.1) is 0 Å². The Balaban J connectivity index is 1.56. The van der Waals surface area contributed by atoms with Crippen LogP contribution in [-0.2, 0) is 4.79 Å². The molecule has 2 heterocycles. The molecule has 2 aliphatic heterocycles. The third kappa shape index (κ3) is 3.19. The summed E-state index contributed by atoms with van der Waals surface area (Å²) in [5.74, 6) is 2.42. The molecule has 1 saturated carbocycles. The van der Waals surface area contributed by atoms with E-state index in [-0.39, 0.29) is 0 Å². The molecule has 3 rings (SSSR count). The van der Waals surface area contributed by atoms with E-state index in [1.54, 1.807) is 0 Å². The van der Waals surface area contributed by atoms with Crippen LogP contribution in [0.25, 0.3) is 0 Å². The SMILES string of the molecule is CC(C)CCN1CC[C@@H]2[C@H](CCCN2C(=O)C2CC2)C1. The minimum Gasteiger partial charge on any atom is -0.339 e. The minimum atomic E-state index is 0.396. The number of nitrogens with zero attached hydrogens (tertiary/aromatic N) is 2. The zero-order valence-electron chi connectivity index (χ0n) is 13.2. The van der Waals surface area contributed by atoms with E-state index in [0.29, 0.717) is 17.9 Å². The molecular formula is C17H30N2O. The van der Waals surface area contributed by atoms with E-state index in [4.69, 9.17) is 0 Å². The molecule has 2 saturated heterocycles. The van der Waals surface area contributed by atoms with Gasteiger partial charge in [0.2, 0.25) is 5.91 Å². The Bertz CT molecular complexity index is 351. The zero-order valence-corrected chi connectivity index (χ0v) is 13.2. The summed E-state index contributed by atoms with van der Waals surface area (Å²) in [5, 5.41) is 0. The second-order valence-electron chi connectivity index (χ2n) is 7.55. The summed E-state index contributed by atoms with van der Waals surface area (Å²) >= 11 is 0. The summed E-state index contributed by atoms with van der Waals surface area (Å²) in [6.45, 7) is 9.32. The van der Waals surface area contributed by atoms with Gasteiger partial charge in [-0.1, -0.05) is 13.8 Å². The number of carbonyl (C=O) groups is 1. The van der Waals surface area contributed by atoms with Crippen molar-refractivity contribution in [1.82, 2.24) is 9.80 Å². The van der Waals surface area contributed by atoms with Gasteiger partial charge in [-0.05, 0) is 56.9 Å². The van der Waals surface area contributed by atoms with E-state index in [9.17, 15) is 4.79 Å². The van der Waals surface area contributed by atoms with E-state index >= 15 is 0 Å². The molecule has 0 spiro atoms. The molecular weight excluding hydrogens is 248 g/mol. The van der Waals surface area contributed by atoms with Crippen LogP contribution in [0.2, 0.25) is 0 Å². The molecule has 1 amide bonds. The maximum absolute atomic E-state index is 12.4. The van der Waals surface area contributed by atoms with Crippen molar-refractivity contribution < 1.29 is 4.79 Å². The first-order valence-corrected chi connectivity index (χ1v) is 8.68. The van der Waals surface area contributed by atoms with Crippen molar-refractivity contribution in [1.29, 1.82) is 0 Å². The van der Waals surface area contributed by atoms with Crippen LogP contribution in [-0.4, -0.2) is 47.9 Å². The maximum Gasteiger partial charge on any atom is 0.225 e. The topological polar surface area (TPSA) is 23.6 Å². The van der Waals surface area contributed by atoms with Gasteiger partial charge in [-0.25, -0.2) is 0 Å². The number of amides is 1. The first-order valence-electron chi connectivity index (χ1n) is 8.68. The number of carbonyl (C=O) groups excluding carboxylic acids is 1. The van der Waals surface area contributed by atoms with E-state index < -0.39 is 0 Å². The minimum absolute atomic E-state index is 0.396. The van der Waals surface area contributed by atoms with Crippen molar-refractivity contribution in [3.63, 3.8) is 0 Å². The molecule has 3 fully saturated rings. The number of hydrogen-bond acceptors (Lipinski definition) is 2. The average Bonchev–Trinajstić information content (AvgIpc) is 3.28. The van der Waals surface area contributed by atoms with Crippen LogP contribution in [0, 0.1) is 17.8 Å². The summed E-state index contributed by atoms with van der Waals surface area (Å²) < 4.78 is 0. The third-order valence-electron chi connectivity index (χ3n) is 5.38. The van der Waals surface area contributed by atoms with Crippen LogP contribution < -0.4 is 0 Å². The van der Waals surface area contributed by atoms with E-state index in [0.717, 1.165) is 31.2 Å². The largest absolute Gasteiger partial charge is 0.339 e. The Morgan fingerprint density at radius 1 is 1.15 bits per heavy atom. The molecule has 114 valence electrons. The Labute approximate surface area is 123 Å². The zero-order chi connectivity index (χ0) is 14.1. The van der Waals surface area contributed by atoms with Gasteiger partial charge in [0.25, 0.3) is 0 Å². The molecule has 0 bridgehead atoms. The molecule has 3 nitrogen and oxygen atoms in total. The smallest absolute Gasteiger partial charge is 0.225 e. The van der Waals surface area contributed by atoms with Crippen molar-refractivity contribution in [3.8, 4) is 0 Å². The fraction of sp³-hybridized carbons (Fsp3) is 0.941. The molecule has 2 atom stereocenters. The Morgan fingerprint density at radius 3 is 2.65 bits per heavy atom. The molecule has 0 radical (unpaired) electrons. The van der Waals surface area contributed by atoms with Crippen LogP contribution in [0.15, 0.2) is 0 Å². The summed E-state index contributed by atoms with van der Waals surface area (Å²) in [6.07, 6.45) is 7.36. The highest BCUT2D eigenvalue weighted by Crippen LogP contribution is 2.37. The number of likely N-dealkylation sites (tertiary alicyclic amines) is 2. The van der Waals surface area contributed by atoms with Crippen LogP contribution in [0.1, 0.15) is 52.4 Å². The van der Waals surface area contributed by atoms with Gasteiger partial charge in [0.15, 0.2) is 0 Å². The van der Waals surface area contributed by atoms with Crippen molar-refractivity contribution in [3.05, 3.63) is 0 Å². The summed E-state index contributed by atoms with van der Waals surface area (Å²) in [7, 11) is 0. The lowest BCUT2D eigenvalue weighted by Crippen LogP contribution is -2.56. The van der Waals surface area contributed by atoms with E-state index in [2.05, 4.69) is 23.6 Å². The van der Waals surface area contributed by atoms with Gasteiger partial charge in [0, 0.05) is 31.6 Å². The highest BCUT2D eigenvalue weighted by molar-refractivity contribution is 5.81. The standard InChI is InChI=1S/C17H30N2O/c1-13(2)7-10-18-11-8-16-15(12-18)4-3-9-19(16)17(20)14-5-6-14/h13-16H,3-12H2,1-2H3/t15-,16-/m1/s1. The van der Waals surface area contributed by atoms with E-state index in [1.807, 2.05) is 0 Å². The van der Waals surface area contributed by atoms with Crippen molar-refractivity contribution >= 4 is 5.91 Å². The molecule has 3 heteroatoms. The highest BCUT2D eigenvalue weighted by Gasteiger charge is 2.42. The molecule has 0 aromatic heterocycles. The predicted octanol–water partition coefficient (Wildman–Crippen LogP) is 2.76. The number of fused-ring (bicyclic) bond motifs is 1. The lowest BCUT2D eigenvalue weighted by molar-refractivity contribution is -0.139. The molecule has 0 N–H and O–H groups in total. The van der Waals surface area contributed by atoms with Crippen LogP contribution in [0.3, 0.4) is 0 Å². The fourth-order valence-electron chi connectivity index (χ4n) is 3.96. The Kier molecular flexibility index (Phi) is 4.34. The highest BCUT2D eigenvalue weighted by atomic mass is 16.2. The Morgan fingerprint density at radius 2 is 1.95 bits per heavy atom. The molecule has 1 aliphatic carbocycles. The maximum atomic E-state index is 12.4. The molecule has 20 heavy (non-hydrogen) atoms. The van der Waals surface area contributed by atoms with E-state index in [1.165, 1.54) is 45.3 Å². The molecule has 3 aliphatic rings. The van der Waals surface area contributed by atoms with Crippen molar-refractivity contribution in [2.75, 3.05) is 26.2 Å². The third-order valence-corrected chi connectivity index (χ3v) is 5.38. The molecule has 0 unspecified atom stereocenters. The van der Waals surface area contributed by atoms with Gasteiger partial charge < -0.3 is 9.80 Å². The second kappa shape index (κ2) is 6.05. The van der Waals surface area contributed by atoms with Gasteiger partial charge in [-0.2, -0.15) is 0 Å². The average molecular weight is 278 g/mol. The quantitative estimate of drug-likeness (QED) is 0.789. The number of rotatable bonds is 4. The molecule has 0 aromatic rings. The van der Waals surface area contributed by atoms with Crippen molar-refractivity contribution in [2.45, 2.75) is 58.4 Å².